The molecule has 0 aliphatic heterocycles. The molecule has 0 aliphatic rings. The summed E-state index contributed by atoms with van der Waals surface area (Å²) in [5, 5.41) is 5.52. The van der Waals surface area contributed by atoms with Crippen LogP contribution in [0.4, 0.5) is 0 Å². The minimum atomic E-state index is 0. The maximum Gasteiger partial charge on any atom is 4.00 e. The third kappa shape index (κ3) is 3.54. The molecular weight excluding hydrogens is 414 g/mol. The number of benzene rings is 2. The normalized spacial score (nSPS) is 10.1. The van der Waals surface area contributed by atoms with Gasteiger partial charge in [-0.25, -0.2) is 0 Å². The van der Waals surface area contributed by atoms with Crippen molar-refractivity contribution >= 4 is 21.5 Å². The first kappa shape index (κ1) is 21.2. The van der Waals surface area contributed by atoms with Crippen LogP contribution in [0.25, 0.3) is 21.5 Å². The van der Waals surface area contributed by atoms with Crippen molar-refractivity contribution in [2.45, 2.75) is 20.3 Å². The van der Waals surface area contributed by atoms with Crippen molar-refractivity contribution < 1.29 is 51.0 Å². The predicted octanol–water partition coefficient (Wildman–Crippen LogP) is -0.356. The van der Waals surface area contributed by atoms with E-state index in [0.717, 1.165) is 6.42 Å². The van der Waals surface area contributed by atoms with Gasteiger partial charge in [0.05, 0.1) is 0 Å². The molecule has 4 aromatic carbocycles. The van der Waals surface area contributed by atoms with Crippen LogP contribution in [-0.4, -0.2) is 0 Å². The molecular formula is C21H18Cl2Zr. The molecule has 0 bridgehead atoms. The second-order valence-corrected chi connectivity index (χ2v) is 5.96. The molecule has 0 saturated heterocycles. The summed E-state index contributed by atoms with van der Waals surface area (Å²) in [5.41, 5.74) is 5.76. The molecule has 0 nitrogen and oxygen atoms in total. The molecule has 0 aromatic heterocycles. The molecule has 0 fully saturated rings. The molecule has 0 spiro atoms. The van der Waals surface area contributed by atoms with Crippen LogP contribution in [-0.2, 0) is 32.6 Å². The summed E-state index contributed by atoms with van der Waals surface area (Å²) in [4.78, 5) is 0. The zero-order valence-corrected chi connectivity index (χ0v) is 17.7. The second-order valence-electron chi connectivity index (χ2n) is 5.96. The number of fused-ring (bicyclic) bond motifs is 2. The molecule has 0 amide bonds. The molecule has 0 atom stereocenters. The third-order valence-corrected chi connectivity index (χ3v) is 4.62. The number of halogens is 2. The van der Waals surface area contributed by atoms with E-state index in [1.807, 2.05) is 0 Å². The van der Waals surface area contributed by atoms with E-state index in [-0.39, 0.29) is 51.0 Å². The molecule has 0 radical (unpaired) electrons. The van der Waals surface area contributed by atoms with Crippen LogP contribution >= 0.6 is 0 Å². The summed E-state index contributed by atoms with van der Waals surface area (Å²) in [6.07, 6.45) is 1.03. The Balaban J connectivity index is 0.000000960. The molecule has 24 heavy (non-hydrogen) atoms. The number of hydrogen-bond acceptors (Lipinski definition) is 0. The van der Waals surface area contributed by atoms with Crippen molar-refractivity contribution in [2.75, 3.05) is 0 Å². The van der Waals surface area contributed by atoms with Gasteiger partial charge in [-0.2, -0.15) is 11.1 Å². The zero-order valence-electron chi connectivity index (χ0n) is 13.7. The fourth-order valence-corrected chi connectivity index (χ4v) is 3.51. The topological polar surface area (TPSA) is 0 Å². The van der Waals surface area contributed by atoms with Crippen LogP contribution in [0.3, 0.4) is 0 Å². The Morgan fingerprint density at radius 1 is 0.667 bits per heavy atom. The maximum atomic E-state index is 2.31. The number of hydrogen-bond donors (Lipinski definition) is 0. The Morgan fingerprint density at radius 2 is 1.04 bits per heavy atom. The summed E-state index contributed by atoms with van der Waals surface area (Å²) < 4.78 is 0. The van der Waals surface area contributed by atoms with Crippen molar-refractivity contribution in [1.82, 2.24) is 0 Å². The Kier molecular flexibility index (Phi) is 7.48. The van der Waals surface area contributed by atoms with Gasteiger partial charge in [-0.05, 0) is 0 Å². The van der Waals surface area contributed by atoms with Gasteiger partial charge in [0.15, 0.2) is 0 Å². The van der Waals surface area contributed by atoms with Gasteiger partial charge in [0.25, 0.3) is 0 Å². The van der Waals surface area contributed by atoms with Gasteiger partial charge in [-0.15, -0.1) is 81.2 Å². The Labute approximate surface area is 174 Å². The summed E-state index contributed by atoms with van der Waals surface area (Å²) >= 11 is 0. The molecule has 4 aromatic rings. The van der Waals surface area contributed by atoms with Gasteiger partial charge >= 0.3 is 26.2 Å². The van der Waals surface area contributed by atoms with E-state index in [2.05, 4.69) is 74.5 Å². The van der Waals surface area contributed by atoms with Crippen LogP contribution < -0.4 is 24.8 Å². The Bertz CT molecular complexity index is 869. The second kappa shape index (κ2) is 8.48. The molecule has 3 heteroatoms. The zero-order chi connectivity index (χ0) is 14.4. The first-order valence-corrected chi connectivity index (χ1v) is 7.52. The van der Waals surface area contributed by atoms with Gasteiger partial charge in [-0.3, -0.25) is 0 Å². The molecule has 0 heterocycles. The van der Waals surface area contributed by atoms with Crippen molar-refractivity contribution in [1.29, 1.82) is 0 Å². The maximum absolute atomic E-state index is 2.31. The van der Waals surface area contributed by atoms with E-state index >= 15 is 0 Å². The van der Waals surface area contributed by atoms with E-state index in [0.29, 0.717) is 0 Å². The summed E-state index contributed by atoms with van der Waals surface area (Å²) in [6.45, 7) is 4.46. The Hall–Kier alpha value is -0.877. The minimum Gasteiger partial charge on any atom is -1.00 e. The van der Waals surface area contributed by atoms with Crippen LogP contribution in [0.1, 0.15) is 22.3 Å². The van der Waals surface area contributed by atoms with Crippen molar-refractivity contribution in [3.8, 4) is 0 Å². The summed E-state index contributed by atoms with van der Waals surface area (Å²) in [6, 6.07) is 22.1. The van der Waals surface area contributed by atoms with Gasteiger partial charge in [-0.1, -0.05) is 32.4 Å². The molecule has 0 saturated carbocycles. The largest absolute Gasteiger partial charge is 4.00 e. The van der Waals surface area contributed by atoms with Gasteiger partial charge in [0.1, 0.15) is 0 Å². The molecule has 4 rings (SSSR count). The van der Waals surface area contributed by atoms with Crippen LogP contribution in [0.5, 0.6) is 0 Å². The Morgan fingerprint density at radius 3 is 1.46 bits per heavy atom. The van der Waals surface area contributed by atoms with E-state index in [1.165, 1.54) is 43.8 Å². The fraction of sp³-hybridized carbons (Fsp3) is 0.143. The van der Waals surface area contributed by atoms with E-state index in [9.17, 15) is 0 Å². The standard InChI is InChI=1S/C21H18.2ClH.Zr/c1-14-11-16-7-3-5-9-18(16)20(14)13-21-15(2)12-17-8-4-6-10-19(17)21;;;/h3-12H,13H2,1-2H3;2*1H;/q-2;;;+4/p-2. The summed E-state index contributed by atoms with van der Waals surface area (Å²) in [5.74, 6) is 0. The van der Waals surface area contributed by atoms with Crippen LogP contribution in [0, 0.1) is 13.8 Å². The molecule has 0 unspecified atom stereocenters. The minimum absolute atomic E-state index is 0. The van der Waals surface area contributed by atoms with Gasteiger partial charge in [0, 0.05) is 0 Å². The van der Waals surface area contributed by atoms with Gasteiger partial charge < -0.3 is 24.8 Å². The number of aryl methyl sites for hydroxylation is 2. The van der Waals surface area contributed by atoms with Gasteiger partial charge in [0.2, 0.25) is 0 Å². The molecule has 120 valence electrons. The van der Waals surface area contributed by atoms with Crippen LogP contribution in [0.15, 0.2) is 60.7 Å². The average molecular weight is 433 g/mol. The molecule has 0 aliphatic carbocycles. The molecule has 0 N–H and O–H groups in total. The average Bonchev–Trinajstić information content (AvgIpc) is 2.97. The number of rotatable bonds is 2. The fourth-order valence-electron chi connectivity index (χ4n) is 3.51. The monoisotopic (exact) mass is 430 g/mol. The predicted molar refractivity (Wildman–Crippen MR) is 91.4 cm³/mol. The van der Waals surface area contributed by atoms with E-state index < -0.39 is 0 Å². The van der Waals surface area contributed by atoms with E-state index in [4.69, 9.17) is 0 Å². The van der Waals surface area contributed by atoms with E-state index in [1.54, 1.807) is 0 Å². The third-order valence-electron chi connectivity index (χ3n) is 4.62. The first-order chi connectivity index (χ1) is 10.2. The summed E-state index contributed by atoms with van der Waals surface area (Å²) in [7, 11) is 0. The van der Waals surface area contributed by atoms with Crippen molar-refractivity contribution in [3.63, 3.8) is 0 Å². The van der Waals surface area contributed by atoms with Crippen LogP contribution in [0.2, 0.25) is 0 Å². The van der Waals surface area contributed by atoms with Crippen molar-refractivity contribution in [3.05, 3.63) is 82.9 Å². The first-order valence-electron chi connectivity index (χ1n) is 7.52. The smallest absolute Gasteiger partial charge is 1.00 e. The SMILES string of the molecule is Cc1[cH-]c2ccccc2c1Cc1c(C)[cH-]c2ccccc12.[Cl-].[Cl-].[Zr+4]. The quantitative estimate of drug-likeness (QED) is 0.380. The van der Waals surface area contributed by atoms with Crippen molar-refractivity contribution in [2.24, 2.45) is 0 Å².